The molecule has 0 aromatic rings. The van der Waals surface area contributed by atoms with Crippen LogP contribution in [0.25, 0.3) is 0 Å². The van der Waals surface area contributed by atoms with Crippen molar-refractivity contribution in [3.63, 3.8) is 0 Å². The Bertz CT molecular complexity index is 1440. The Labute approximate surface area is 431 Å². The third kappa shape index (κ3) is 55.0. The number of hydrogen-bond acceptors (Lipinski definition) is 6. The van der Waals surface area contributed by atoms with Crippen molar-refractivity contribution in [3.05, 3.63) is 109 Å². The van der Waals surface area contributed by atoms with E-state index in [1.807, 2.05) is 0 Å². The lowest BCUT2D eigenvalue weighted by Crippen LogP contribution is -2.30. The Kier molecular flexibility index (Phi) is 54.4. The molecule has 0 radical (unpaired) electrons. The summed E-state index contributed by atoms with van der Waals surface area (Å²) < 4.78 is 16.7. The molecule has 0 rings (SSSR count). The molecule has 0 heterocycles. The van der Waals surface area contributed by atoms with E-state index in [-0.39, 0.29) is 31.1 Å². The number of carbonyl (C=O) groups excluding carboxylic acids is 3. The van der Waals surface area contributed by atoms with E-state index < -0.39 is 6.10 Å². The maximum atomic E-state index is 12.7. The van der Waals surface area contributed by atoms with Crippen LogP contribution < -0.4 is 0 Å². The molecule has 6 nitrogen and oxygen atoms in total. The van der Waals surface area contributed by atoms with E-state index in [4.69, 9.17) is 14.2 Å². The van der Waals surface area contributed by atoms with E-state index in [2.05, 4.69) is 130 Å². The van der Waals surface area contributed by atoms with Crippen molar-refractivity contribution in [1.82, 2.24) is 0 Å². The van der Waals surface area contributed by atoms with Crippen LogP contribution in [0.2, 0.25) is 0 Å². The third-order valence-corrected chi connectivity index (χ3v) is 12.0. The first-order valence-electron chi connectivity index (χ1n) is 28.9. The van der Waals surface area contributed by atoms with Gasteiger partial charge in [-0.3, -0.25) is 14.4 Å². The molecule has 0 amide bonds. The van der Waals surface area contributed by atoms with Gasteiger partial charge in [0.2, 0.25) is 0 Å². The zero-order valence-electron chi connectivity index (χ0n) is 45.5. The largest absolute Gasteiger partial charge is 0.462 e. The lowest BCUT2D eigenvalue weighted by molar-refractivity contribution is -0.167. The summed E-state index contributed by atoms with van der Waals surface area (Å²) in [4.78, 5) is 37.9. The van der Waals surface area contributed by atoms with Gasteiger partial charge in [0.25, 0.3) is 0 Å². The van der Waals surface area contributed by atoms with E-state index in [0.717, 1.165) is 128 Å². The molecule has 0 spiro atoms. The van der Waals surface area contributed by atoms with Crippen molar-refractivity contribution in [2.75, 3.05) is 13.2 Å². The normalized spacial score (nSPS) is 12.9. The molecular weight excluding hydrogens is 865 g/mol. The first kappa shape index (κ1) is 66.1. The van der Waals surface area contributed by atoms with E-state index in [9.17, 15) is 14.4 Å². The lowest BCUT2D eigenvalue weighted by Gasteiger charge is -2.18. The highest BCUT2D eigenvalue weighted by atomic mass is 16.6. The molecule has 0 aliphatic heterocycles. The molecule has 0 N–H and O–H groups in total. The highest BCUT2D eigenvalue weighted by molar-refractivity contribution is 5.71. The Morgan fingerprint density at radius 3 is 0.929 bits per heavy atom. The topological polar surface area (TPSA) is 78.9 Å². The van der Waals surface area contributed by atoms with Crippen LogP contribution in [-0.2, 0) is 28.6 Å². The molecule has 0 saturated heterocycles. The quantitative estimate of drug-likeness (QED) is 0.0262. The average Bonchev–Trinajstić information content (AvgIpc) is 3.36. The summed E-state index contributed by atoms with van der Waals surface area (Å²) in [6.07, 6.45) is 78.2. The summed E-state index contributed by atoms with van der Waals surface area (Å²) in [5.74, 6) is -0.908. The first-order valence-corrected chi connectivity index (χ1v) is 28.9. The summed E-state index contributed by atoms with van der Waals surface area (Å²) in [5, 5.41) is 0. The molecule has 0 saturated carbocycles. The van der Waals surface area contributed by atoms with Gasteiger partial charge in [-0.25, -0.2) is 0 Å². The minimum Gasteiger partial charge on any atom is -0.462 e. The van der Waals surface area contributed by atoms with E-state index in [0.29, 0.717) is 19.3 Å². The number of rotatable bonds is 51. The summed E-state index contributed by atoms with van der Waals surface area (Å²) in [6.45, 7) is 6.43. The third-order valence-electron chi connectivity index (χ3n) is 12.0. The van der Waals surface area contributed by atoms with Crippen LogP contribution in [-0.4, -0.2) is 37.2 Å². The van der Waals surface area contributed by atoms with Gasteiger partial charge in [-0.2, -0.15) is 0 Å². The van der Waals surface area contributed by atoms with Crippen LogP contribution in [0.4, 0.5) is 0 Å². The van der Waals surface area contributed by atoms with E-state index in [1.54, 1.807) is 0 Å². The van der Waals surface area contributed by atoms with Crippen LogP contribution >= 0.6 is 0 Å². The minimum atomic E-state index is -0.782. The molecule has 0 aromatic heterocycles. The van der Waals surface area contributed by atoms with Gasteiger partial charge in [-0.05, 0) is 103 Å². The Morgan fingerprint density at radius 2 is 0.571 bits per heavy atom. The van der Waals surface area contributed by atoms with Gasteiger partial charge in [0, 0.05) is 19.3 Å². The standard InChI is InChI=1S/C64H106O6/c1-4-7-10-13-16-19-21-22-23-24-25-26-27-28-29-30-31-32-33-34-35-36-37-38-39-40-41-42-44-45-48-51-54-57-63(66)69-60-61(59-68-62(65)56-53-50-47-18-15-12-9-6-3)70-64(67)58-55-52-49-46-43-20-17-14-11-8-5-2/h7,10,14,16-17,19,22-23,25-26,28-29,31-32,34-35,37-38,61H,4-6,8-9,11-13,15,18,20-21,24,27,30,33,36,39-60H2,1-3H3/b10-7-,17-14-,19-16-,23-22-,26-25-,29-28-,32-31-,35-34-,38-37-. The fourth-order valence-electron chi connectivity index (χ4n) is 7.67. The fourth-order valence-corrected chi connectivity index (χ4v) is 7.67. The Hall–Kier alpha value is -3.93. The zero-order valence-corrected chi connectivity index (χ0v) is 45.5. The maximum absolute atomic E-state index is 12.7. The van der Waals surface area contributed by atoms with Crippen LogP contribution in [0.3, 0.4) is 0 Å². The number of allylic oxidation sites excluding steroid dienone is 18. The number of ether oxygens (including phenoxy) is 3. The van der Waals surface area contributed by atoms with Crippen molar-refractivity contribution in [3.8, 4) is 0 Å². The molecular formula is C64H106O6. The van der Waals surface area contributed by atoms with Gasteiger partial charge >= 0.3 is 17.9 Å². The molecule has 70 heavy (non-hydrogen) atoms. The Morgan fingerprint density at radius 1 is 0.300 bits per heavy atom. The van der Waals surface area contributed by atoms with Crippen LogP contribution in [0.15, 0.2) is 109 Å². The molecule has 0 fully saturated rings. The minimum absolute atomic E-state index is 0.0827. The molecule has 1 unspecified atom stereocenters. The second-order valence-electron chi connectivity index (χ2n) is 18.8. The molecule has 6 heteroatoms. The zero-order chi connectivity index (χ0) is 50.7. The van der Waals surface area contributed by atoms with Gasteiger partial charge in [-0.15, -0.1) is 0 Å². The molecule has 0 aliphatic rings. The van der Waals surface area contributed by atoms with Gasteiger partial charge in [0.05, 0.1) is 0 Å². The monoisotopic (exact) mass is 971 g/mol. The van der Waals surface area contributed by atoms with Gasteiger partial charge < -0.3 is 14.2 Å². The van der Waals surface area contributed by atoms with E-state index in [1.165, 1.54) is 89.9 Å². The lowest BCUT2D eigenvalue weighted by atomic mass is 10.1. The fraction of sp³-hybridized carbons (Fsp3) is 0.672. The van der Waals surface area contributed by atoms with Gasteiger partial charge in [-0.1, -0.05) is 246 Å². The van der Waals surface area contributed by atoms with Crippen molar-refractivity contribution >= 4 is 17.9 Å². The molecule has 0 aromatic carbocycles. The number of esters is 3. The Balaban J connectivity index is 4.12. The van der Waals surface area contributed by atoms with Gasteiger partial charge in [0.15, 0.2) is 6.10 Å². The van der Waals surface area contributed by atoms with Crippen molar-refractivity contribution in [2.24, 2.45) is 0 Å². The van der Waals surface area contributed by atoms with Crippen LogP contribution in [0, 0.1) is 0 Å². The number of hydrogen-bond donors (Lipinski definition) is 0. The van der Waals surface area contributed by atoms with Crippen LogP contribution in [0.5, 0.6) is 0 Å². The predicted octanol–water partition coefficient (Wildman–Crippen LogP) is 19.5. The SMILES string of the molecule is CC/C=C\C/C=C\C/C=C\C/C=C\C/C=C\C/C=C\C/C=C\C/C=C\CCCCCCCCCCC(=O)OCC(COC(=O)CCCCCCCCCC)OC(=O)CCCCCCC/C=C\CCCC. The van der Waals surface area contributed by atoms with Crippen molar-refractivity contribution in [1.29, 1.82) is 0 Å². The maximum Gasteiger partial charge on any atom is 0.306 e. The highest BCUT2D eigenvalue weighted by Gasteiger charge is 2.19. The van der Waals surface area contributed by atoms with Crippen LogP contribution in [0.1, 0.15) is 258 Å². The van der Waals surface area contributed by atoms with Crippen molar-refractivity contribution in [2.45, 2.75) is 264 Å². The second kappa shape index (κ2) is 57.6. The number of carbonyl (C=O) groups is 3. The molecule has 0 aliphatic carbocycles. The molecule has 0 bridgehead atoms. The summed E-state index contributed by atoms with van der Waals surface area (Å²) in [7, 11) is 0. The average molecular weight is 972 g/mol. The second-order valence-corrected chi connectivity index (χ2v) is 18.8. The highest BCUT2D eigenvalue weighted by Crippen LogP contribution is 2.14. The molecule has 1 atom stereocenters. The summed E-state index contributed by atoms with van der Waals surface area (Å²) in [5.41, 5.74) is 0. The first-order chi connectivity index (χ1) is 34.5. The smallest absolute Gasteiger partial charge is 0.306 e. The molecule has 398 valence electrons. The number of unbranched alkanes of at least 4 members (excludes halogenated alkanes) is 22. The van der Waals surface area contributed by atoms with Crippen molar-refractivity contribution < 1.29 is 28.6 Å². The predicted molar refractivity (Wildman–Crippen MR) is 302 cm³/mol. The summed E-state index contributed by atoms with van der Waals surface area (Å²) in [6, 6.07) is 0. The van der Waals surface area contributed by atoms with E-state index >= 15 is 0 Å². The summed E-state index contributed by atoms with van der Waals surface area (Å²) >= 11 is 0. The van der Waals surface area contributed by atoms with Gasteiger partial charge in [0.1, 0.15) is 13.2 Å².